The van der Waals surface area contributed by atoms with Gasteiger partial charge in [-0.2, -0.15) is 0 Å². The van der Waals surface area contributed by atoms with Gasteiger partial charge in [0.2, 0.25) is 5.88 Å². The Labute approximate surface area is 89.1 Å². The van der Waals surface area contributed by atoms with Gasteiger partial charge < -0.3 is 9.84 Å². The predicted molar refractivity (Wildman–Crippen MR) is 60.7 cm³/mol. The minimum absolute atomic E-state index is 0.732. The van der Waals surface area contributed by atoms with E-state index in [1.54, 1.807) is 0 Å². The number of aromatic nitrogens is 1. The van der Waals surface area contributed by atoms with Gasteiger partial charge in [0.15, 0.2) is 0 Å². The largest absolute Gasteiger partial charge is 0.354 e. The Balaban J connectivity index is 2.14. The van der Waals surface area contributed by atoms with E-state index in [4.69, 9.17) is 4.52 Å². The van der Waals surface area contributed by atoms with E-state index in [0.29, 0.717) is 0 Å². The Bertz CT molecular complexity index is 409. The summed E-state index contributed by atoms with van der Waals surface area (Å²) in [6.07, 6.45) is 1.07. The second-order valence-electron chi connectivity index (χ2n) is 3.37. The molecule has 1 heterocycles. The Morgan fingerprint density at radius 3 is 2.80 bits per heavy atom. The molecule has 0 aliphatic rings. The molecule has 0 spiro atoms. The highest BCUT2D eigenvalue weighted by Crippen LogP contribution is 2.20. The van der Waals surface area contributed by atoms with Crippen molar-refractivity contribution in [2.24, 2.45) is 0 Å². The highest BCUT2D eigenvalue weighted by molar-refractivity contribution is 5.61. The number of benzene rings is 1. The van der Waals surface area contributed by atoms with E-state index in [1.807, 2.05) is 36.4 Å². The number of hydrogen-bond donors (Lipinski definition) is 1. The zero-order valence-corrected chi connectivity index (χ0v) is 8.73. The number of nitrogens with one attached hydrogen (secondary N) is 1. The molecule has 0 saturated heterocycles. The summed E-state index contributed by atoms with van der Waals surface area (Å²) in [5, 5.41) is 7.16. The predicted octanol–water partition coefficient (Wildman–Crippen LogP) is 3.16. The summed E-state index contributed by atoms with van der Waals surface area (Å²) < 4.78 is 5.16. The molecule has 3 heteroatoms. The van der Waals surface area contributed by atoms with Gasteiger partial charge in [0, 0.05) is 18.2 Å². The Morgan fingerprint density at radius 2 is 2.07 bits per heavy atom. The molecule has 1 aromatic carbocycles. The van der Waals surface area contributed by atoms with Crippen LogP contribution in [-0.2, 0) is 0 Å². The first-order chi connectivity index (χ1) is 7.40. The Morgan fingerprint density at radius 1 is 1.27 bits per heavy atom. The number of nitrogens with zero attached hydrogens (tertiary/aromatic N) is 1. The lowest BCUT2D eigenvalue weighted by molar-refractivity contribution is 0.434. The molecule has 15 heavy (non-hydrogen) atoms. The maximum absolute atomic E-state index is 5.16. The zero-order chi connectivity index (χ0) is 10.5. The molecule has 0 aliphatic carbocycles. The molecule has 0 bridgehead atoms. The standard InChI is InChI=1S/C12H14N2O/c1-2-8-13-12-9-11(14-15-12)10-6-4-3-5-7-10/h3-7,9,13H,2,8H2,1H3. The lowest BCUT2D eigenvalue weighted by Crippen LogP contribution is -1.97. The fourth-order valence-electron chi connectivity index (χ4n) is 1.35. The molecule has 0 fully saturated rings. The van der Waals surface area contributed by atoms with Gasteiger partial charge in [-0.1, -0.05) is 42.4 Å². The third-order valence-electron chi connectivity index (χ3n) is 2.13. The molecule has 0 saturated carbocycles. The highest BCUT2D eigenvalue weighted by Gasteiger charge is 2.04. The first-order valence-electron chi connectivity index (χ1n) is 5.16. The fourth-order valence-corrected chi connectivity index (χ4v) is 1.35. The third-order valence-corrected chi connectivity index (χ3v) is 2.13. The molecule has 3 nitrogen and oxygen atoms in total. The fraction of sp³-hybridized carbons (Fsp3) is 0.250. The van der Waals surface area contributed by atoms with E-state index < -0.39 is 0 Å². The van der Waals surface area contributed by atoms with E-state index in [1.165, 1.54) is 0 Å². The van der Waals surface area contributed by atoms with E-state index in [-0.39, 0.29) is 0 Å². The smallest absolute Gasteiger partial charge is 0.225 e. The third kappa shape index (κ3) is 2.37. The van der Waals surface area contributed by atoms with Crippen molar-refractivity contribution in [3.05, 3.63) is 36.4 Å². The molecule has 2 aromatic rings. The van der Waals surface area contributed by atoms with Crippen LogP contribution in [0.5, 0.6) is 0 Å². The van der Waals surface area contributed by atoms with Gasteiger partial charge in [0.25, 0.3) is 0 Å². The van der Waals surface area contributed by atoms with Crippen LogP contribution in [-0.4, -0.2) is 11.7 Å². The first kappa shape index (κ1) is 9.77. The van der Waals surface area contributed by atoms with Gasteiger partial charge in [0.1, 0.15) is 5.69 Å². The van der Waals surface area contributed by atoms with Crippen LogP contribution in [0.2, 0.25) is 0 Å². The summed E-state index contributed by atoms with van der Waals surface area (Å²) in [7, 11) is 0. The number of hydrogen-bond acceptors (Lipinski definition) is 3. The van der Waals surface area contributed by atoms with Crippen molar-refractivity contribution in [3.63, 3.8) is 0 Å². The van der Waals surface area contributed by atoms with Gasteiger partial charge in [-0.05, 0) is 6.42 Å². The van der Waals surface area contributed by atoms with Crippen LogP contribution in [0.25, 0.3) is 11.3 Å². The zero-order valence-electron chi connectivity index (χ0n) is 8.73. The van der Waals surface area contributed by atoms with Crippen molar-refractivity contribution in [1.82, 2.24) is 5.16 Å². The van der Waals surface area contributed by atoms with Gasteiger partial charge in [-0.3, -0.25) is 0 Å². The van der Waals surface area contributed by atoms with E-state index in [9.17, 15) is 0 Å². The van der Waals surface area contributed by atoms with Crippen molar-refractivity contribution in [3.8, 4) is 11.3 Å². The van der Waals surface area contributed by atoms with Gasteiger partial charge in [-0.25, -0.2) is 0 Å². The van der Waals surface area contributed by atoms with Crippen LogP contribution in [0, 0.1) is 0 Å². The SMILES string of the molecule is CCCNc1cc(-c2ccccc2)no1. The number of anilines is 1. The van der Waals surface area contributed by atoms with Gasteiger partial charge in [0.05, 0.1) is 0 Å². The number of rotatable bonds is 4. The highest BCUT2D eigenvalue weighted by atomic mass is 16.5. The lowest BCUT2D eigenvalue weighted by Gasteiger charge is -1.95. The van der Waals surface area contributed by atoms with E-state index in [0.717, 1.165) is 30.1 Å². The normalized spacial score (nSPS) is 10.2. The molecule has 0 aliphatic heterocycles. The molecule has 1 aromatic heterocycles. The van der Waals surface area contributed by atoms with Crippen molar-refractivity contribution in [2.75, 3.05) is 11.9 Å². The van der Waals surface area contributed by atoms with Crippen LogP contribution in [0.4, 0.5) is 5.88 Å². The molecule has 0 unspecified atom stereocenters. The molecule has 0 atom stereocenters. The average Bonchev–Trinajstić information content (AvgIpc) is 2.76. The van der Waals surface area contributed by atoms with Crippen molar-refractivity contribution < 1.29 is 4.52 Å². The first-order valence-corrected chi connectivity index (χ1v) is 5.16. The molecular weight excluding hydrogens is 188 g/mol. The Kier molecular flexibility index (Phi) is 3.02. The van der Waals surface area contributed by atoms with E-state index >= 15 is 0 Å². The Hall–Kier alpha value is -1.77. The van der Waals surface area contributed by atoms with E-state index in [2.05, 4.69) is 17.4 Å². The summed E-state index contributed by atoms with van der Waals surface area (Å²) >= 11 is 0. The van der Waals surface area contributed by atoms with Crippen molar-refractivity contribution in [1.29, 1.82) is 0 Å². The maximum Gasteiger partial charge on any atom is 0.225 e. The minimum atomic E-state index is 0.732. The molecule has 78 valence electrons. The van der Waals surface area contributed by atoms with Crippen LogP contribution in [0.1, 0.15) is 13.3 Å². The molecule has 2 rings (SSSR count). The van der Waals surface area contributed by atoms with Crippen LogP contribution >= 0.6 is 0 Å². The monoisotopic (exact) mass is 202 g/mol. The van der Waals surface area contributed by atoms with Crippen LogP contribution in [0.3, 0.4) is 0 Å². The average molecular weight is 202 g/mol. The van der Waals surface area contributed by atoms with Crippen LogP contribution < -0.4 is 5.32 Å². The second kappa shape index (κ2) is 4.64. The quantitative estimate of drug-likeness (QED) is 0.827. The lowest BCUT2D eigenvalue weighted by atomic mass is 10.2. The van der Waals surface area contributed by atoms with Gasteiger partial charge in [-0.15, -0.1) is 0 Å². The molecule has 0 amide bonds. The summed E-state index contributed by atoms with van der Waals surface area (Å²) in [6.45, 7) is 3.02. The van der Waals surface area contributed by atoms with Crippen molar-refractivity contribution >= 4 is 5.88 Å². The summed E-state index contributed by atoms with van der Waals surface area (Å²) in [6, 6.07) is 11.9. The topological polar surface area (TPSA) is 38.1 Å². The second-order valence-corrected chi connectivity index (χ2v) is 3.37. The molecular formula is C12H14N2O. The van der Waals surface area contributed by atoms with Crippen LogP contribution in [0.15, 0.2) is 40.9 Å². The minimum Gasteiger partial charge on any atom is -0.354 e. The summed E-state index contributed by atoms with van der Waals surface area (Å²) in [4.78, 5) is 0. The summed E-state index contributed by atoms with van der Waals surface area (Å²) in [5.74, 6) is 0.732. The maximum atomic E-state index is 5.16. The molecule has 1 N–H and O–H groups in total. The van der Waals surface area contributed by atoms with Gasteiger partial charge >= 0.3 is 0 Å². The van der Waals surface area contributed by atoms with Crippen molar-refractivity contribution in [2.45, 2.75) is 13.3 Å². The molecule has 0 radical (unpaired) electrons. The summed E-state index contributed by atoms with van der Waals surface area (Å²) in [5.41, 5.74) is 1.94.